The lowest BCUT2D eigenvalue weighted by Crippen LogP contribution is -2.58. The summed E-state index contributed by atoms with van der Waals surface area (Å²) in [7, 11) is -4.69. The quantitative estimate of drug-likeness (QED) is 0.129. The zero-order valence-corrected chi connectivity index (χ0v) is 6.65. The maximum Gasteiger partial charge on any atom is 0.209 e. The molecule has 0 radical (unpaired) electrons. The zero-order chi connectivity index (χ0) is 11.1. The summed E-state index contributed by atoms with van der Waals surface area (Å²) in [6, 6.07) is 0. The lowest BCUT2D eigenvalue weighted by molar-refractivity contribution is -1.92. The van der Waals surface area contributed by atoms with Gasteiger partial charge >= 0.3 is 0 Å². The van der Waals surface area contributed by atoms with Crippen molar-refractivity contribution in [2.24, 2.45) is 5.73 Å². The van der Waals surface area contributed by atoms with Crippen molar-refractivity contribution in [1.82, 2.24) is 11.0 Å². The van der Waals surface area contributed by atoms with E-state index in [9.17, 15) is 10.1 Å². The predicted molar refractivity (Wildman–Crippen MR) is 27.4 cm³/mol. The highest BCUT2D eigenvalue weighted by Crippen LogP contribution is 1.60. The first-order valence-electron chi connectivity index (χ1n) is 2.26. The molecule has 78 valence electrons. The van der Waals surface area contributed by atoms with Crippen molar-refractivity contribution in [2.45, 2.75) is 0 Å². The number of nitrogens with one attached hydrogen (secondary N) is 3. The summed E-state index contributed by atoms with van der Waals surface area (Å²) in [6.07, 6.45) is 0. The van der Waals surface area contributed by atoms with E-state index in [4.69, 9.17) is 24.0 Å². The average molecular weight is 220 g/mol. The Morgan fingerprint density at radius 1 is 1.54 bits per heavy atom. The average Bonchev–Trinajstić information content (AvgIpc) is 1.79. The second-order valence-electron chi connectivity index (χ2n) is 1.30. The highest BCUT2D eigenvalue weighted by atomic mass is 35.7. The number of guanidine groups is 1. The van der Waals surface area contributed by atoms with Crippen molar-refractivity contribution >= 4 is 5.96 Å². The largest absolute Gasteiger partial charge is 0.369 e. The molecule has 0 aliphatic heterocycles. The molecule has 6 N–H and O–H groups in total. The van der Waals surface area contributed by atoms with Crippen LogP contribution in [0.1, 0.15) is 0 Å². The van der Waals surface area contributed by atoms with Crippen LogP contribution in [0.15, 0.2) is 0 Å². The maximum absolute atomic E-state index is 9.38. The van der Waals surface area contributed by atoms with E-state index in [2.05, 4.69) is 5.73 Å². The van der Waals surface area contributed by atoms with Crippen molar-refractivity contribution in [3.63, 3.8) is 0 Å². The molecule has 11 nitrogen and oxygen atoms in total. The maximum atomic E-state index is 9.38. The summed E-state index contributed by atoms with van der Waals surface area (Å²) in [4.78, 5) is 9.38. The minimum atomic E-state index is -4.69. The fourth-order valence-electron chi connectivity index (χ4n) is 0.106. The predicted octanol–water partition coefficient (Wildman–Crippen LogP) is -5.96. The number of halogens is 1. The third kappa shape index (κ3) is 60.5. The Labute approximate surface area is 73.1 Å². The second-order valence-corrected chi connectivity index (χ2v) is 2.10. The normalized spacial score (nSPS) is 9.23. The molecule has 0 amide bonds. The van der Waals surface area contributed by atoms with Gasteiger partial charge in [-0.3, -0.25) is 5.41 Å². The summed E-state index contributed by atoms with van der Waals surface area (Å²) in [5, 5.41) is 14.9. The topological polar surface area (TPSA) is 206 Å². The van der Waals surface area contributed by atoms with Crippen LogP contribution in [0.3, 0.4) is 0 Å². The Hall–Kier alpha value is -1.40. The fourth-order valence-corrected chi connectivity index (χ4v) is 0.106. The van der Waals surface area contributed by atoms with E-state index in [-0.39, 0.29) is 0 Å². The van der Waals surface area contributed by atoms with Crippen LogP contribution in [0.25, 0.3) is 0 Å². The van der Waals surface area contributed by atoms with Crippen LogP contribution in [0.2, 0.25) is 0 Å². The molecule has 0 aromatic heterocycles. The van der Waals surface area contributed by atoms with Crippen LogP contribution in [0, 0.1) is 25.8 Å². The summed E-state index contributed by atoms with van der Waals surface area (Å²) in [6.45, 7) is 0. The Bertz CT molecular complexity index is 156. The molecule has 12 heteroatoms. The molecule has 0 saturated heterocycles. The molecule has 0 aromatic rings. The molecule has 0 saturated carbocycles. The van der Waals surface area contributed by atoms with E-state index in [1.165, 1.54) is 5.53 Å². The van der Waals surface area contributed by atoms with Crippen LogP contribution in [0.5, 0.6) is 0 Å². The molecular weight excluding hydrogens is 213 g/mol. The van der Waals surface area contributed by atoms with Crippen LogP contribution in [-0.2, 0) is 0 Å². The molecule has 0 rings (SSSR count). The number of nitro groups is 1. The van der Waals surface area contributed by atoms with Crippen molar-refractivity contribution < 1.29 is 33.9 Å². The van der Waals surface area contributed by atoms with Gasteiger partial charge < -0.3 is 5.73 Å². The Kier molecular flexibility index (Phi) is 6.69. The van der Waals surface area contributed by atoms with Gasteiger partial charge in [-0.15, -0.1) is 0 Å². The Morgan fingerprint density at radius 2 is 1.85 bits per heavy atom. The van der Waals surface area contributed by atoms with Crippen molar-refractivity contribution in [3.05, 3.63) is 10.1 Å². The van der Waals surface area contributed by atoms with E-state index in [0.29, 0.717) is 0 Å². The third-order valence-electron chi connectivity index (χ3n) is 0.282. The molecular formula is CH6ClN5O6. The zero-order valence-electron chi connectivity index (χ0n) is 5.89. The molecule has 0 fully saturated rings. The van der Waals surface area contributed by atoms with Gasteiger partial charge in [0.15, 0.2) is 5.03 Å². The minimum absolute atomic E-state index is 0.498. The first kappa shape index (κ1) is 14.1. The van der Waals surface area contributed by atoms with Gasteiger partial charge in [-0.05, 0) is 5.53 Å². The summed E-state index contributed by atoms with van der Waals surface area (Å²) in [5.74, 6) is -0.498. The van der Waals surface area contributed by atoms with Crippen molar-refractivity contribution in [1.29, 1.82) is 5.41 Å². The van der Waals surface area contributed by atoms with E-state index in [0.717, 1.165) is 0 Å². The van der Waals surface area contributed by atoms with Gasteiger partial charge in [0, 0.05) is 0 Å². The summed E-state index contributed by atoms with van der Waals surface area (Å²) in [5.41, 5.74) is 7.87. The number of rotatable bonds is 2. The van der Waals surface area contributed by atoms with Crippen molar-refractivity contribution in [2.75, 3.05) is 0 Å². The van der Waals surface area contributed by atoms with E-state index >= 15 is 0 Å². The van der Waals surface area contributed by atoms with Gasteiger partial charge in [0.1, 0.15) is 0 Å². The van der Waals surface area contributed by atoms with Crippen LogP contribution in [0.4, 0.5) is 0 Å². The Morgan fingerprint density at radius 3 is 1.92 bits per heavy atom. The van der Waals surface area contributed by atoms with E-state index in [1.807, 2.05) is 0 Å². The molecule has 0 unspecified atom stereocenters. The number of nitrogens with two attached hydrogens (primary N) is 1. The van der Waals surface area contributed by atoms with Crippen LogP contribution in [-0.4, -0.2) is 15.7 Å². The van der Waals surface area contributed by atoms with Gasteiger partial charge in [-0.1, -0.05) is 0 Å². The highest BCUT2D eigenvalue weighted by molar-refractivity contribution is 5.73. The summed E-state index contributed by atoms with van der Waals surface area (Å²) >= 11 is 0. The standard InChI is InChI=1S/CH5N5O2.ClHO4/c2-1(3)4-5-6(7)8;2-1(3,4)5/h5H,(H4,2,3,4);(H,2,3,4,5). The fraction of sp³-hybridized carbons (Fsp3) is 0. The molecule has 0 aliphatic rings. The number of hydrogen-bond donors (Lipinski definition) is 5. The molecule has 0 atom stereocenters. The molecule has 0 heterocycles. The first-order chi connectivity index (χ1) is 5.63. The van der Waals surface area contributed by atoms with Gasteiger partial charge in [0.05, 0.1) is 14.9 Å². The van der Waals surface area contributed by atoms with Crippen LogP contribution < -0.4 is 30.7 Å². The Balaban J connectivity index is 0. The van der Waals surface area contributed by atoms with Gasteiger partial charge in [-0.2, -0.15) is 14.0 Å². The first-order valence-corrected chi connectivity index (χ1v) is 3.52. The minimum Gasteiger partial charge on any atom is -0.369 e. The number of hydrazine groups is 2. The lowest BCUT2D eigenvalue weighted by atomic mass is 11.1. The molecule has 0 bridgehead atoms. The summed E-state index contributed by atoms with van der Waals surface area (Å²) < 4.78 is 32.7. The lowest BCUT2D eigenvalue weighted by Gasteiger charge is -2.03. The van der Waals surface area contributed by atoms with E-state index in [1.54, 1.807) is 5.43 Å². The highest BCUT2D eigenvalue weighted by Gasteiger charge is 1.98. The monoisotopic (exact) mass is 219 g/mol. The van der Waals surface area contributed by atoms with Gasteiger partial charge in [-0.25, -0.2) is 15.5 Å². The SMILES string of the molecule is N=C(N)NN[N+](=O)[O-].[O-][Cl+3]([O-])([O-])O. The smallest absolute Gasteiger partial charge is 0.209 e. The number of nitrogens with zero attached hydrogens (tertiary/aromatic N) is 1. The van der Waals surface area contributed by atoms with Gasteiger partial charge in [0.25, 0.3) is 0 Å². The van der Waals surface area contributed by atoms with Crippen LogP contribution >= 0.6 is 0 Å². The van der Waals surface area contributed by atoms with Gasteiger partial charge in [0.2, 0.25) is 5.96 Å². The third-order valence-corrected chi connectivity index (χ3v) is 0.282. The molecule has 0 spiro atoms. The molecule has 0 aliphatic carbocycles. The molecule has 13 heavy (non-hydrogen) atoms. The second kappa shape index (κ2) is 6.15. The van der Waals surface area contributed by atoms with E-state index < -0.39 is 21.2 Å². The molecule has 0 aromatic carbocycles. The number of hydrogen-bond acceptors (Lipinski definition) is 7. The van der Waals surface area contributed by atoms with Crippen molar-refractivity contribution in [3.8, 4) is 0 Å².